The summed E-state index contributed by atoms with van der Waals surface area (Å²) in [4.78, 5) is 12.6. The van der Waals surface area contributed by atoms with Crippen molar-refractivity contribution in [3.05, 3.63) is 35.4 Å². The second kappa shape index (κ2) is 8.09. The lowest BCUT2D eigenvalue weighted by molar-refractivity contribution is -0.126. The van der Waals surface area contributed by atoms with Crippen molar-refractivity contribution in [3.8, 4) is 0 Å². The minimum atomic E-state index is -3.23. The molecule has 2 rings (SSSR count). The van der Waals surface area contributed by atoms with E-state index in [9.17, 15) is 13.2 Å². The fraction of sp³-hybridized carbons (Fsp3) is 0.650. The topological polar surface area (TPSA) is 66.5 Å². The fourth-order valence-corrected chi connectivity index (χ4v) is 4.46. The monoisotopic (exact) mass is 380 g/mol. The summed E-state index contributed by atoms with van der Waals surface area (Å²) in [6, 6.07) is 8.22. The molecule has 0 aromatic heterocycles. The van der Waals surface area contributed by atoms with Gasteiger partial charge in [0.1, 0.15) is 0 Å². The molecule has 1 fully saturated rings. The Morgan fingerprint density at radius 1 is 1.27 bits per heavy atom. The molecular weight excluding hydrogens is 348 g/mol. The molecule has 0 bridgehead atoms. The number of rotatable bonds is 5. The fourth-order valence-electron chi connectivity index (χ4n) is 3.28. The van der Waals surface area contributed by atoms with Crippen molar-refractivity contribution in [1.29, 1.82) is 0 Å². The zero-order chi connectivity index (χ0) is 19.5. The molecule has 1 heterocycles. The summed E-state index contributed by atoms with van der Waals surface area (Å²) in [6.45, 7) is 10.9. The third-order valence-electron chi connectivity index (χ3n) is 5.15. The van der Waals surface area contributed by atoms with Gasteiger partial charge in [0.2, 0.25) is 15.9 Å². The number of hydrogen-bond acceptors (Lipinski definition) is 3. The van der Waals surface area contributed by atoms with Crippen LogP contribution in [0.4, 0.5) is 0 Å². The van der Waals surface area contributed by atoms with E-state index in [0.29, 0.717) is 6.54 Å². The van der Waals surface area contributed by atoms with E-state index >= 15 is 0 Å². The number of nitrogens with zero attached hydrogens (tertiary/aromatic N) is 1. The van der Waals surface area contributed by atoms with Gasteiger partial charge in [0.25, 0.3) is 0 Å². The molecule has 5 nitrogen and oxygen atoms in total. The van der Waals surface area contributed by atoms with Gasteiger partial charge in [-0.25, -0.2) is 12.7 Å². The molecule has 2 atom stereocenters. The molecule has 1 amide bonds. The molecule has 0 unspecified atom stereocenters. The van der Waals surface area contributed by atoms with Crippen molar-refractivity contribution in [2.45, 2.75) is 58.9 Å². The predicted molar refractivity (Wildman–Crippen MR) is 105 cm³/mol. The van der Waals surface area contributed by atoms with Crippen LogP contribution in [0.1, 0.15) is 64.6 Å². The maximum absolute atomic E-state index is 12.6. The SMILES string of the molecule is CCS(=O)(=O)N1CCC[C@H](C(=O)N[C@H](C)c2ccc(C(C)(C)C)cc2)C1. The van der Waals surface area contributed by atoms with E-state index in [-0.39, 0.29) is 35.6 Å². The molecular formula is C20H32N2O3S. The molecule has 0 radical (unpaired) electrons. The highest BCUT2D eigenvalue weighted by atomic mass is 32.2. The lowest BCUT2D eigenvalue weighted by Gasteiger charge is -2.31. The average molecular weight is 381 g/mol. The first-order valence-corrected chi connectivity index (χ1v) is 11.0. The van der Waals surface area contributed by atoms with Crippen LogP contribution in [0.15, 0.2) is 24.3 Å². The van der Waals surface area contributed by atoms with Gasteiger partial charge >= 0.3 is 0 Å². The Balaban J connectivity index is 2.00. The molecule has 26 heavy (non-hydrogen) atoms. The van der Waals surface area contributed by atoms with Crippen molar-refractivity contribution in [1.82, 2.24) is 9.62 Å². The molecule has 1 saturated heterocycles. The minimum Gasteiger partial charge on any atom is -0.349 e. The molecule has 0 aliphatic carbocycles. The van der Waals surface area contributed by atoms with Crippen LogP contribution in [0.5, 0.6) is 0 Å². The van der Waals surface area contributed by atoms with Crippen molar-refractivity contribution < 1.29 is 13.2 Å². The van der Waals surface area contributed by atoms with Crippen molar-refractivity contribution >= 4 is 15.9 Å². The number of amides is 1. The number of carbonyl (C=O) groups is 1. The first kappa shape index (κ1) is 20.9. The van der Waals surface area contributed by atoms with Crippen LogP contribution in [0.25, 0.3) is 0 Å². The Morgan fingerprint density at radius 2 is 1.88 bits per heavy atom. The molecule has 6 heteroatoms. The molecule has 0 spiro atoms. The number of piperidine rings is 1. The van der Waals surface area contributed by atoms with Crippen LogP contribution >= 0.6 is 0 Å². The second-order valence-corrected chi connectivity index (χ2v) is 10.5. The van der Waals surface area contributed by atoms with Crippen LogP contribution < -0.4 is 5.32 Å². The third kappa shape index (κ3) is 5.07. The zero-order valence-electron chi connectivity index (χ0n) is 16.6. The first-order chi connectivity index (χ1) is 12.0. The van der Waals surface area contributed by atoms with Gasteiger partial charge in [-0.1, -0.05) is 45.0 Å². The van der Waals surface area contributed by atoms with Gasteiger partial charge in [-0.3, -0.25) is 4.79 Å². The second-order valence-electron chi connectivity index (χ2n) is 8.20. The van der Waals surface area contributed by atoms with Gasteiger partial charge < -0.3 is 5.32 Å². The van der Waals surface area contributed by atoms with Gasteiger partial charge in [-0.2, -0.15) is 0 Å². The predicted octanol–water partition coefficient (Wildman–Crippen LogP) is 3.22. The molecule has 0 saturated carbocycles. The Hall–Kier alpha value is -1.40. The summed E-state index contributed by atoms with van der Waals surface area (Å²) in [6.07, 6.45) is 1.46. The smallest absolute Gasteiger partial charge is 0.224 e. The van der Waals surface area contributed by atoms with Crippen LogP contribution in [-0.2, 0) is 20.2 Å². The summed E-state index contributed by atoms with van der Waals surface area (Å²) in [7, 11) is -3.23. The highest BCUT2D eigenvalue weighted by Gasteiger charge is 2.31. The Morgan fingerprint density at radius 3 is 2.42 bits per heavy atom. The van der Waals surface area contributed by atoms with Crippen molar-refractivity contribution in [3.63, 3.8) is 0 Å². The van der Waals surface area contributed by atoms with Gasteiger partial charge in [-0.05, 0) is 43.2 Å². The highest BCUT2D eigenvalue weighted by molar-refractivity contribution is 7.89. The summed E-state index contributed by atoms with van der Waals surface area (Å²) in [5.74, 6) is -0.257. The van der Waals surface area contributed by atoms with E-state index in [1.54, 1.807) is 6.92 Å². The van der Waals surface area contributed by atoms with E-state index in [1.165, 1.54) is 9.87 Å². The summed E-state index contributed by atoms with van der Waals surface area (Å²) < 4.78 is 25.6. The van der Waals surface area contributed by atoms with Crippen molar-refractivity contribution in [2.75, 3.05) is 18.8 Å². The standard InChI is InChI=1S/C20H32N2O3S/c1-6-26(24,25)22-13-7-8-17(14-22)19(23)21-15(2)16-9-11-18(12-10-16)20(3,4)5/h9-12,15,17H,6-8,13-14H2,1-5H3,(H,21,23)/t15-,17+/m1/s1. The largest absolute Gasteiger partial charge is 0.349 e. The molecule has 1 aromatic rings. The number of carbonyl (C=O) groups excluding carboxylic acids is 1. The van der Waals surface area contributed by atoms with E-state index in [1.807, 2.05) is 6.92 Å². The third-order valence-corrected chi connectivity index (χ3v) is 7.00. The number of benzene rings is 1. The lowest BCUT2D eigenvalue weighted by atomic mass is 9.86. The summed E-state index contributed by atoms with van der Waals surface area (Å²) in [5, 5.41) is 3.05. The maximum atomic E-state index is 12.6. The lowest BCUT2D eigenvalue weighted by Crippen LogP contribution is -2.46. The average Bonchev–Trinajstić information content (AvgIpc) is 2.61. The number of sulfonamides is 1. The van der Waals surface area contributed by atoms with Crippen molar-refractivity contribution in [2.24, 2.45) is 5.92 Å². The highest BCUT2D eigenvalue weighted by Crippen LogP contribution is 2.25. The molecule has 1 aliphatic rings. The first-order valence-electron chi connectivity index (χ1n) is 9.43. The van der Waals surface area contributed by atoms with Crippen LogP contribution in [0.3, 0.4) is 0 Å². The van der Waals surface area contributed by atoms with E-state index in [4.69, 9.17) is 0 Å². The Labute approximate surface area is 158 Å². The molecule has 1 aliphatic heterocycles. The zero-order valence-corrected chi connectivity index (χ0v) is 17.4. The Bertz CT molecular complexity index is 720. The van der Waals surface area contributed by atoms with E-state index in [2.05, 4.69) is 50.4 Å². The maximum Gasteiger partial charge on any atom is 0.224 e. The van der Waals surface area contributed by atoms with E-state index in [0.717, 1.165) is 18.4 Å². The normalized spacial score (nSPS) is 20.6. The quantitative estimate of drug-likeness (QED) is 0.853. The molecule has 1 aromatic carbocycles. The van der Waals surface area contributed by atoms with Crippen LogP contribution in [0.2, 0.25) is 0 Å². The summed E-state index contributed by atoms with van der Waals surface area (Å²) >= 11 is 0. The molecule has 1 N–H and O–H groups in total. The number of nitrogens with one attached hydrogen (secondary N) is 1. The van der Waals surface area contributed by atoms with E-state index < -0.39 is 10.0 Å². The van der Waals surface area contributed by atoms with Gasteiger partial charge in [0, 0.05) is 13.1 Å². The minimum absolute atomic E-state index is 0.0617. The van der Waals surface area contributed by atoms with Gasteiger partial charge in [0.05, 0.1) is 17.7 Å². The Kier molecular flexibility index (Phi) is 6.51. The van der Waals surface area contributed by atoms with Crippen LogP contribution in [0, 0.1) is 5.92 Å². The summed E-state index contributed by atoms with van der Waals surface area (Å²) in [5.41, 5.74) is 2.41. The molecule has 146 valence electrons. The van der Waals surface area contributed by atoms with Gasteiger partial charge in [0.15, 0.2) is 0 Å². The van der Waals surface area contributed by atoms with Gasteiger partial charge in [-0.15, -0.1) is 0 Å². The number of hydrogen-bond donors (Lipinski definition) is 1. The van der Waals surface area contributed by atoms with Crippen LogP contribution in [-0.4, -0.2) is 37.5 Å².